The molecular weight excluding hydrogens is 384 g/mol. The maximum absolute atomic E-state index is 12.6. The Kier molecular flexibility index (Phi) is 5.88. The van der Waals surface area contributed by atoms with Gasteiger partial charge in [0.2, 0.25) is 0 Å². The zero-order chi connectivity index (χ0) is 19.4. The van der Waals surface area contributed by atoms with Crippen LogP contribution in [0.15, 0.2) is 48.7 Å². The standard InChI is InChI=1S/C20H17ClN2O3S/c1-3-26-20(25)17-16(13-7-9-14(21)10-8-13)12(2)27-19(17)23-18(24)15-6-4-5-11-22-15/h4-11H,3H2,1-2H3,(H,23,24). The number of carbonyl (C=O) groups excluding carboxylic acids is 2. The first-order valence-electron chi connectivity index (χ1n) is 8.30. The van der Waals surface area contributed by atoms with Crippen molar-refractivity contribution in [2.24, 2.45) is 0 Å². The summed E-state index contributed by atoms with van der Waals surface area (Å²) >= 11 is 7.30. The number of aryl methyl sites for hydroxylation is 1. The third-order valence-corrected chi connectivity index (χ3v) is 5.09. The average Bonchev–Trinajstić information content (AvgIpc) is 2.99. The van der Waals surface area contributed by atoms with Gasteiger partial charge in [0.1, 0.15) is 16.3 Å². The molecule has 7 heteroatoms. The molecule has 2 heterocycles. The van der Waals surface area contributed by atoms with Crippen LogP contribution in [-0.2, 0) is 4.74 Å². The minimum Gasteiger partial charge on any atom is -0.462 e. The van der Waals surface area contributed by atoms with E-state index in [-0.39, 0.29) is 18.2 Å². The predicted octanol–water partition coefficient (Wildman–Crippen LogP) is 5.20. The van der Waals surface area contributed by atoms with Crippen molar-refractivity contribution < 1.29 is 14.3 Å². The highest BCUT2D eigenvalue weighted by molar-refractivity contribution is 7.17. The molecular formula is C20H17ClN2O3S. The normalized spacial score (nSPS) is 10.5. The third kappa shape index (κ3) is 4.18. The summed E-state index contributed by atoms with van der Waals surface area (Å²) in [4.78, 5) is 30.1. The molecule has 0 saturated carbocycles. The Hall–Kier alpha value is -2.70. The van der Waals surface area contributed by atoms with Gasteiger partial charge >= 0.3 is 5.97 Å². The topological polar surface area (TPSA) is 68.3 Å². The van der Waals surface area contributed by atoms with E-state index in [9.17, 15) is 9.59 Å². The molecule has 138 valence electrons. The Balaban J connectivity index is 2.06. The SMILES string of the molecule is CCOC(=O)c1c(NC(=O)c2ccccn2)sc(C)c1-c1ccc(Cl)cc1. The third-order valence-electron chi connectivity index (χ3n) is 3.82. The maximum Gasteiger partial charge on any atom is 0.341 e. The molecule has 0 spiro atoms. The number of anilines is 1. The lowest BCUT2D eigenvalue weighted by Gasteiger charge is -2.09. The van der Waals surface area contributed by atoms with Crippen LogP contribution in [0.4, 0.5) is 5.00 Å². The second-order valence-corrected chi connectivity index (χ2v) is 7.30. The van der Waals surface area contributed by atoms with Crippen molar-refractivity contribution in [3.05, 3.63) is 69.8 Å². The van der Waals surface area contributed by atoms with Gasteiger partial charge in [0, 0.05) is 21.7 Å². The van der Waals surface area contributed by atoms with Gasteiger partial charge in [-0.2, -0.15) is 0 Å². The van der Waals surface area contributed by atoms with E-state index < -0.39 is 5.97 Å². The van der Waals surface area contributed by atoms with Crippen LogP contribution in [0.5, 0.6) is 0 Å². The van der Waals surface area contributed by atoms with Crippen LogP contribution in [0.2, 0.25) is 5.02 Å². The molecule has 5 nitrogen and oxygen atoms in total. The Morgan fingerprint density at radius 2 is 1.93 bits per heavy atom. The molecule has 0 atom stereocenters. The summed E-state index contributed by atoms with van der Waals surface area (Å²) in [5, 5.41) is 3.84. The Bertz CT molecular complexity index is 969. The van der Waals surface area contributed by atoms with Crippen LogP contribution in [0.3, 0.4) is 0 Å². The Morgan fingerprint density at radius 1 is 1.19 bits per heavy atom. The quantitative estimate of drug-likeness (QED) is 0.597. The lowest BCUT2D eigenvalue weighted by atomic mass is 10.0. The van der Waals surface area contributed by atoms with E-state index >= 15 is 0 Å². The van der Waals surface area contributed by atoms with Crippen molar-refractivity contribution >= 4 is 39.8 Å². The van der Waals surface area contributed by atoms with Gasteiger partial charge in [0.15, 0.2) is 0 Å². The summed E-state index contributed by atoms with van der Waals surface area (Å²) in [5.41, 5.74) is 2.17. The largest absolute Gasteiger partial charge is 0.462 e. The van der Waals surface area contributed by atoms with Gasteiger partial charge in [-0.1, -0.05) is 29.8 Å². The summed E-state index contributed by atoms with van der Waals surface area (Å²) in [5.74, 6) is -0.867. The number of rotatable bonds is 5. The van der Waals surface area contributed by atoms with Crippen LogP contribution in [-0.4, -0.2) is 23.5 Å². The minimum absolute atomic E-state index is 0.238. The van der Waals surface area contributed by atoms with Crippen molar-refractivity contribution in [2.45, 2.75) is 13.8 Å². The van der Waals surface area contributed by atoms with Crippen LogP contribution in [0, 0.1) is 6.92 Å². The molecule has 1 aromatic carbocycles. The molecule has 3 rings (SSSR count). The molecule has 27 heavy (non-hydrogen) atoms. The fourth-order valence-electron chi connectivity index (χ4n) is 2.66. The number of ether oxygens (including phenoxy) is 1. The number of carbonyl (C=O) groups is 2. The van der Waals surface area contributed by atoms with Crippen LogP contribution in [0.25, 0.3) is 11.1 Å². The van der Waals surface area contributed by atoms with Gasteiger partial charge < -0.3 is 10.1 Å². The minimum atomic E-state index is -0.483. The number of hydrogen-bond donors (Lipinski definition) is 1. The molecule has 3 aromatic rings. The second-order valence-electron chi connectivity index (χ2n) is 5.63. The summed E-state index contributed by atoms with van der Waals surface area (Å²) in [6.45, 7) is 3.88. The highest BCUT2D eigenvalue weighted by Gasteiger charge is 2.25. The van der Waals surface area contributed by atoms with E-state index in [1.54, 1.807) is 43.5 Å². The van der Waals surface area contributed by atoms with Crippen LogP contribution < -0.4 is 5.32 Å². The van der Waals surface area contributed by atoms with Gasteiger partial charge in [-0.05, 0) is 43.7 Å². The molecule has 0 saturated heterocycles. The highest BCUT2D eigenvalue weighted by atomic mass is 35.5. The Morgan fingerprint density at radius 3 is 2.56 bits per heavy atom. The molecule has 0 fully saturated rings. The first-order valence-corrected chi connectivity index (χ1v) is 9.49. The number of thiophene rings is 1. The number of esters is 1. The zero-order valence-electron chi connectivity index (χ0n) is 14.8. The van der Waals surface area contributed by atoms with E-state index in [1.807, 2.05) is 19.1 Å². The summed E-state index contributed by atoms with van der Waals surface area (Å²) in [6, 6.07) is 12.3. The molecule has 2 aromatic heterocycles. The lowest BCUT2D eigenvalue weighted by molar-refractivity contribution is 0.0529. The second kappa shape index (κ2) is 8.33. The summed E-state index contributed by atoms with van der Waals surface area (Å²) < 4.78 is 5.23. The van der Waals surface area contributed by atoms with Crippen molar-refractivity contribution in [1.29, 1.82) is 0 Å². The van der Waals surface area contributed by atoms with Crippen molar-refractivity contribution in [1.82, 2.24) is 4.98 Å². The number of amides is 1. The molecule has 0 aliphatic rings. The molecule has 0 bridgehead atoms. The number of nitrogens with one attached hydrogen (secondary N) is 1. The van der Waals surface area contributed by atoms with E-state index in [0.29, 0.717) is 15.6 Å². The van der Waals surface area contributed by atoms with Crippen molar-refractivity contribution in [3.63, 3.8) is 0 Å². The average molecular weight is 401 g/mol. The van der Waals surface area contributed by atoms with Gasteiger partial charge in [-0.3, -0.25) is 9.78 Å². The molecule has 0 aliphatic heterocycles. The number of benzene rings is 1. The van der Waals surface area contributed by atoms with Gasteiger partial charge in [-0.15, -0.1) is 11.3 Å². The zero-order valence-corrected chi connectivity index (χ0v) is 16.4. The first-order chi connectivity index (χ1) is 13.0. The number of pyridine rings is 1. The number of nitrogens with zero attached hydrogens (tertiary/aromatic N) is 1. The maximum atomic E-state index is 12.6. The first kappa shape index (κ1) is 19.1. The number of halogens is 1. The van der Waals surface area contributed by atoms with Gasteiger partial charge in [-0.25, -0.2) is 4.79 Å². The number of hydrogen-bond acceptors (Lipinski definition) is 5. The number of aromatic nitrogens is 1. The van der Waals surface area contributed by atoms with Crippen molar-refractivity contribution in [3.8, 4) is 11.1 Å². The summed E-state index contributed by atoms with van der Waals surface area (Å²) in [7, 11) is 0. The van der Waals surface area contributed by atoms with E-state index in [0.717, 1.165) is 16.0 Å². The lowest BCUT2D eigenvalue weighted by Crippen LogP contribution is -2.15. The predicted molar refractivity (Wildman–Crippen MR) is 108 cm³/mol. The van der Waals surface area contributed by atoms with Gasteiger partial charge in [0.25, 0.3) is 5.91 Å². The smallest absolute Gasteiger partial charge is 0.341 e. The van der Waals surface area contributed by atoms with E-state index in [1.165, 1.54) is 11.3 Å². The van der Waals surface area contributed by atoms with Crippen molar-refractivity contribution in [2.75, 3.05) is 11.9 Å². The summed E-state index contributed by atoms with van der Waals surface area (Å²) in [6.07, 6.45) is 1.54. The fourth-order valence-corrected chi connectivity index (χ4v) is 3.84. The fraction of sp³-hybridized carbons (Fsp3) is 0.150. The molecule has 1 amide bonds. The molecule has 0 radical (unpaired) electrons. The monoisotopic (exact) mass is 400 g/mol. The molecule has 0 unspecified atom stereocenters. The van der Waals surface area contributed by atoms with Crippen LogP contribution >= 0.6 is 22.9 Å². The van der Waals surface area contributed by atoms with E-state index in [4.69, 9.17) is 16.3 Å². The highest BCUT2D eigenvalue weighted by Crippen LogP contribution is 2.40. The van der Waals surface area contributed by atoms with E-state index in [2.05, 4.69) is 10.3 Å². The van der Waals surface area contributed by atoms with Crippen LogP contribution in [0.1, 0.15) is 32.6 Å². The molecule has 0 aliphatic carbocycles. The van der Waals surface area contributed by atoms with Gasteiger partial charge in [0.05, 0.1) is 6.61 Å². The Labute approximate surface area is 166 Å². The molecule has 1 N–H and O–H groups in total.